The smallest absolute Gasteiger partial charge is 0.119 e. The van der Waals surface area contributed by atoms with Crippen LogP contribution in [0.4, 0.5) is 0 Å². The van der Waals surface area contributed by atoms with Gasteiger partial charge in [-0.2, -0.15) is 0 Å². The van der Waals surface area contributed by atoms with E-state index in [0.717, 1.165) is 11.3 Å². The van der Waals surface area contributed by atoms with Crippen LogP contribution in [0, 0.1) is 6.07 Å². The molecule has 0 saturated heterocycles. The number of ether oxygens (including phenoxy) is 1. The van der Waals surface area contributed by atoms with Crippen molar-refractivity contribution in [3.8, 4) is 5.75 Å². The van der Waals surface area contributed by atoms with E-state index < -0.39 is 0 Å². The Morgan fingerprint density at radius 3 is 3.00 bits per heavy atom. The highest BCUT2D eigenvalue weighted by molar-refractivity contribution is 5.26. The van der Waals surface area contributed by atoms with Gasteiger partial charge in [-0.1, -0.05) is 0 Å². The third kappa shape index (κ3) is 1.48. The van der Waals surface area contributed by atoms with E-state index in [0.29, 0.717) is 0 Å². The molecular weight excluding hydrogens is 128 g/mol. The van der Waals surface area contributed by atoms with Crippen LogP contribution in [0.15, 0.2) is 18.2 Å². The second-order valence-corrected chi connectivity index (χ2v) is 1.94. The summed E-state index contributed by atoms with van der Waals surface area (Å²) in [6, 6.07) is 8.07. The van der Waals surface area contributed by atoms with Crippen LogP contribution in [0.2, 0.25) is 0 Å². The maximum Gasteiger partial charge on any atom is 0.119 e. The van der Waals surface area contributed by atoms with E-state index in [9.17, 15) is 0 Å². The van der Waals surface area contributed by atoms with Crippen LogP contribution in [0.3, 0.4) is 0 Å². The first-order valence-electron chi connectivity index (χ1n) is 3.01. The average Bonchev–Trinajstić information content (AvgIpc) is 2.05. The Labute approximate surface area is 60.1 Å². The van der Waals surface area contributed by atoms with Crippen molar-refractivity contribution in [2.24, 2.45) is 0 Å². The van der Waals surface area contributed by atoms with Crippen molar-refractivity contribution in [1.29, 1.82) is 0 Å². The highest BCUT2D eigenvalue weighted by Crippen LogP contribution is 2.11. The van der Waals surface area contributed by atoms with Gasteiger partial charge in [0, 0.05) is 0 Å². The highest BCUT2D eigenvalue weighted by atomic mass is 16.5. The minimum absolute atomic E-state index is 0.0354. The standard InChI is InChI=1S/C8H9O2/c1-10-8-4-2-3-7(5-8)6-9/h3-5,9H,6H2,1H3. The summed E-state index contributed by atoms with van der Waals surface area (Å²) < 4.78 is 4.91. The SMILES string of the molecule is COc1c[c]cc(CO)c1. The molecule has 0 amide bonds. The first kappa shape index (κ1) is 7.09. The fourth-order valence-corrected chi connectivity index (χ4v) is 0.706. The summed E-state index contributed by atoms with van der Waals surface area (Å²) in [7, 11) is 1.59. The fourth-order valence-electron chi connectivity index (χ4n) is 0.706. The Kier molecular flexibility index (Phi) is 2.29. The lowest BCUT2D eigenvalue weighted by Gasteiger charge is -1.99. The maximum atomic E-state index is 8.68. The second kappa shape index (κ2) is 3.22. The minimum atomic E-state index is 0.0354. The van der Waals surface area contributed by atoms with E-state index in [1.54, 1.807) is 25.3 Å². The quantitative estimate of drug-likeness (QED) is 0.658. The number of hydrogen-bond acceptors (Lipinski definition) is 2. The highest BCUT2D eigenvalue weighted by Gasteiger charge is 1.91. The third-order valence-corrected chi connectivity index (χ3v) is 1.24. The second-order valence-electron chi connectivity index (χ2n) is 1.94. The molecule has 0 fully saturated rings. The minimum Gasteiger partial charge on any atom is -0.497 e. The van der Waals surface area contributed by atoms with Gasteiger partial charge >= 0.3 is 0 Å². The molecule has 0 aromatic heterocycles. The van der Waals surface area contributed by atoms with Crippen LogP contribution in [0.1, 0.15) is 5.56 Å². The Morgan fingerprint density at radius 1 is 1.60 bits per heavy atom. The van der Waals surface area contributed by atoms with Crippen LogP contribution >= 0.6 is 0 Å². The summed E-state index contributed by atoms with van der Waals surface area (Å²) in [6.07, 6.45) is 0. The average molecular weight is 137 g/mol. The molecule has 0 spiro atoms. The lowest BCUT2D eigenvalue weighted by molar-refractivity contribution is 0.281. The van der Waals surface area contributed by atoms with Crippen molar-refractivity contribution in [1.82, 2.24) is 0 Å². The van der Waals surface area contributed by atoms with E-state index in [1.807, 2.05) is 0 Å². The van der Waals surface area contributed by atoms with Crippen LogP contribution in [-0.2, 0) is 6.61 Å². The van der Waals surface area contributed by atoms with E-state index in [4.69, 9.17) is 9.84 Å². The Hall–Kier alpha value is -1.02. The van der Waals surface area contributed by atoms with E-state index in [1.165, 1.54) is 0 Å². The van der Waals surface area contributed by atoms with Gasteiger partial charge in [-0.3, -0.25) is 0 Å². The maximum absolute atomic E-state index is 8.68. The molecule has 1 N–H and O–H groups in total. The van der Waals surface area contributed by atoms with Gasteiger partial charge in [-0.15, -0.1) is 0 Å². The zero-order valence-corrected chi connectivity index (χ0v) is 5.79. The predicted octanol–water partition coefficient (Wildman–Crippen LogP) is 0.988. The number of hydrogen-bond donors (Lipinski definition) is 1. The molecular formula is C8H9O2. The van der Waals surface area contributed by atoms with Crippen LogP contribution < -0.4 is 4.74 Å². The molecule has 0 bridgehead atoms. The van der Waals surface area contributed by atoms with Crippen molar-refractivity contribution in [3.05, 3.63) is 29.8 Å². The number of rotatable bonds is 2. The third-order valence-electron chi connectivity index (χ3n) is 1.24. The van der Waals surface area contributed by atoms with E-state index in [2.05, 4.69) is 6.07 Å². The molecule has 53 valence electrons. The number of aliphatic hydroxyl groups excluding tert-OH is 1. The largest absolute Gasteiger partial charge is 0.497 e. The van der Waals surface area contributed by atoms with Crippen molar-refractivity contribution < 1.29 is 9.84 Å². The lowest BCUT2D eigenvalue weighted by Crippen LogP contribution is -1.86. The normalized spacial score (nSPS) is 9.40. The first-order valence-corrected chi connectivity index (χ1v) is 3.01. The summed E-state index contributed by atoms with van der Waals surface area (Å²) in [6.45, 7) is 0.0354. The van der Waals surface area contributed by atoms with Gasteiger partial charge in [-0.05, 0) is 29.8 Å². The predicted molar refractivity (Wildman–Crippen MR) is 37.8 cm³/mol. The number of aliphatic hydroxyl groups is 1. The summed E-state index contributed by atoms with van der Waals surface area (Å²) in [5.41, 5.74) is 0.819. The topological polar surface area (TPSA) is 29.5 Å². The summed E-state index contributed by atoms with van der Waals surface area (Å²) in [4.78, 5) is 0. The van der Waals surface area contributed by atoms with E-state index in [-0.39, 0.29) is 6.61 Å². The molecule has 0 unspecified atom stereocenters. The molecule has 10 heavy (non-hydrogen) atoms. The fraction of sp³-hybridized carbons (Fsp3) is 0.250. The Morgan fingerprint density at radius 2 is 2.40 bits per heavy atom. The molecule has 1 aromatic carbocycles. The molecule has 0 aliphatic heterocycles. The Balaban J connectivity index is 2.87. The molecule has 1 rings (SSSR count). The van der Waals surface area contributed by atoms with Crippen molar-refractivity contribution in [3.63, 3.8) is 0 Å². The molecule has 0 aliphatic rings. The lowest BCUT2D eigenvalue weighted by atomic mass is 10.2. The van der Waals surface area contributed by atoms with Crippen molar-refractivity contribution >= 4 is 0 Å². The molecule has 0 atom stereocenters. The Bertz CT molecular complexity index is 189. The number of methoxy groups -OCH3 is 1. The zero-order chi connectivity index (χ0) is 7.40. The monoisotopic (exact) mass is 137 g/mol. The summed E-state index contributed by atoms with van der Waals surface area (Å²) in [5.74, 6) is 0.728. The molecule has 0 heterocycles. The van der Waals surface area contributed by atoms with E-state index >= 15 is 0 Å². The van der Waals surface area contributed by atoms with Crippen molar-refractivity contribution in [2.45, 2.75) is 6.61 Å². The van der Waals surface area contributed by atoms with Crippen molar-refractivity contribution in [2.75, 3.05) is 7.11 Å². The molecule has 1 radical (unpaired) electrons. The molecule has 2 heteroatoms. The molecule has 2 nitrogen and oxygen atoms in total. The van der Waals surface area contributed by atoms with Crippen LogP contribution in [0.5, 0.6) is 5.75 Å². The van der Waals surface area contributed by atoms with Crippen LogP contribution in [-0.4, -0.2) is 12.2 Å². The zero-order valence-electron chi connectivity index (χ0n) is 5.79. The number of benzene rings is 1. The molecule has 0 saturated carbocycles. The van der Waals surface area contributed by atoms with Gasteiger partial charge in [0.2, 0.25) is 0 Å². The first-order chi connectivity index (χ1) is 4.86. The van der Waals surface area contributed by atoms with Gasteiger partial charge in [0.05, 0.1) is 13.7 Å². The summed E-state index contributed by atoms with van der Waals surface area (Å²) >= 11 is 0. The summed E-state index contributed by atoms with van der Waals surface area (Å²) in [5, 5.41) is 8.68. The van der Waals surface area contributed by atoms with Gasteiger partial charge in [0.15, 0.2) is 0 Å². The van der Waals surface area contributed by atoms with Crippen LogP contribution in [0.25, 0.3) is 0 Å². The molecule has 0 aliphatic carbocycles. The van der Waals surface area contributed by atoms with Gasteiger partial charge < -0.3 is 9.84 Å². The molecule has 1 aromatic rings. The van der Waals surface area contributed by atoms with Gasteiger partial charge in [-0.25, -0.2) is 0 Å². The van der Waals surface area contributed by atoms with Gasteiger partial charge in [0.1, 0.15) is 5.75 Å². The van der Waals surface area contributed by atoms with Gasteiger partial charge in [0.25, 0.3) is 0 Å².